The number of ether oxygens (including phenoxy) is 2. The van der Waals surface area contributed by atoms with Crippen molar-refractivity contribution < 1.29 is 14.3 Å². The number of methoxy groups -OCH3 is 1. The summed E-state index contributed by atoms with van der Waals surface area (Å²) in [6.45, 7) is 7.85. The van der Waals surface area contributed by atoms with Gasteiger partial charge in [0.2, 0.25) is 0 Å². The van der Waals surface area contributed by atoms with Gasteiger partial charge in [0, 0.05) is 5.56 Å². The second kappa shape index (κ2) is 7.31. The third kappa shape index (κ3) is 3.28. The van der Waals surface area contributed by atoms with Crippen LogP contribution >= 0.6 is 0 Å². The number of fused-ring (bicyclic) bond motifs is 1. The summed E-state index contributed by atoms with van der Waals surface area (Å²) >= 11 is 0. The fourth-order valence-corrected chi connectivity index (χ4v) is 2.31. The molecule has 22 heavy (non-hydrogen) atoms. The first-order valence-corrected chi connectivity index (χ1v) is 6.93. The number of carbonyl (C=O) groups excluding carboxylic acids is 1. The molecule has 1 atom stereocenters. The van der Waals surface area contributed by atoms with Crippen LogP contribution in [0.4, 0.5) is 4.79 Å². The minimum absolute atomic E-state index is 0.382. The van der Waals surface area contributed by atoms with Crippen molar-refractivity contribution in [1.82, 2.24) is 5.32 Å². The minimum atomic E-state index is -0.521. The van der Waals surface area contributed by atoms with Gasteiger partial charge in [-0.1, -0.05) is 49.1 Å². The Hall–Kier alpha value is -2.75. The van der Waals surface area contributed by atoms with E-state index in [9.17, 15) is 4.79 Å². The molecule has 0 heterocycles. The van der Waals surface area contributed by atoms with Crippen molar-refractivity contribution in [2.75, 3.05) is 13.7 Å². The molecule has 0 aliphatic heterocycles. The number of benzene rings is 2. The van der Waals surface area contributed by atoms with Gasteiger partial charge in [0.05, 0.1) is 13.2 Å². The molecule has 0 saturated heterocycles. The molecule has 2 aromatic carbocycles. The maximum absolute atomic E-state index is 11.6. The fourth-order valence-electron chi connectivity index (χ4n) is 2.31. The highest BCUT2D eigenvalue weighted by Gasteiger charge is 2.19. The molecule has 0 radical (unpaired) electrons. The van der Waals surface area contributed by atoms with Gasteiger partial charge in [-0.2, -0.15) is 0 Å². The van der Waals surface area contributed by atoms with Crippen LogP contribution in [0.2, 0.25) is 0 Å². The Bertz CT molecular complexity index is 694. The standard InChI is InChI=1S/C18H19NO3/c1-4-12-22-16-11-10-13-8-6-7-9-14(13)17(16)15(5-2)19-18(20)21-3/h4-11,15H,1-2,12H2,3H3,(H,19,20). The van der Waals surface area contributed by atoms with Crippen LogP contribution in [0.5, 0.6) is 5.75 Å². The van der Waals surface area contributed by atoms with E-state index in [2.05, 4.69) is 23.2 Å². The lowest BCUT2D eigenvalue weighted by atomic mass is 9.97. The predicted molar refractivity (Wildman–Crippen MR) is 88.1 cm³/mol. The van der Waals surface area contributed by atoms with E-state index < -0.39 is 12.1 Å². The molecule has 1 unspecified atom stereocenters. The van der Waals surface area contributed by atoms with E-state index in [1.807, 2.05) is 36.4 Å². The van der Waals surface area contributed by atoms with Crippen molar-refractivity contribution in [2.45, 2.75) is 6.04 Å². The van der Waals surface area contributed by atoms with Crippen molar-refractivity contribution in [3.63, 3.8) is 0 Å². The molecule has 4 nitrogen and oxygen atoms in total. The highest BCUT2D eigenvalue weighted by molar-refractivity contribution is 5.89. The number of hydrogen-bond donors (Lipinski definition) is 1. The summed E-state index contributed by atoms with van der Waals surface area (Å²) in [5.41, 5.74) is 0.848. The third-order valence-electron chi connectivity index (χ3n) is 3.29. The number of hydrogen-bond acceptors (Lipinski definition) is 3. The summed E-state index contributed by atoms with van der Waals surface area (Å²) in [4.78, 5) is 11.6. The molecule has 114 valence electrons. The topological polar surface area (TPSA) is 47.6 Å². The number of nitrogens with one attached hydrogen (secondary N) is 1. The van der Waals surface area contributed by atoms with E-state index in [4.69, 9.17) is 4.74 Å². The second-order valence-corrected chi connectivity index (χ2v) is 4.65. The normalized spacial score (nSPS) is 11.5. The predicted octanol–water partition coefficient (Wildman–Crippen LogP) is 3.99. The maximum Gasteiger partial charge on any atom is 0.407 e. The Kier molecular flexibility index (Phi) is 5.20. The lowest BCUT2D eigenvalue weighted by Crippen LogP contribution is -2.27. The summed E-state index contributed by atoms with van der Waals surface area (Å²) in [5, 5.41) is 4.81. The first kappa shape index (κ1) is 15.6. The van der Waals surface area contributed by atoms with Crippen LogP contribution in [-0.2, 0) is 4.74 Å². The quantitative estimate of drug-likeness (QED) is 0.820. The number of amides is 1. The first-order chi connectivity index (χ1) is 10.7. The number of carbonyl (C=O) groups is 1. The number of alkyl carbamates (subject to hydrolysis) is 1. The molecular formula is C18H19NO3. The number of rotatable bonds is 6. The van der Waals surface area contributed by atoms with Crippen LogP contribution in [-0.4, -0.2) is 19.8 Å². The van der Waals surface area contributed by atoms with Gasteiger partial charge in [0.25, 0.3) is 0 Å². The molecule has 2 aromatic rings. The molecule has 0 aliphatic carbocycles. The molecule has 1 N–H and O–H groups in total. The van der Waals surface area contributed by atoms with Crippen molar-refractivity contribution in [2.24, 2.45) is 0 Å². The van der Waals surface area contributed by atoms with Crippen molar-refractivity contribution >= 4 is 16.9 Å². The van der Waals surface area contributed by atoms with E-state index in [0.29, 0.717) is 12.4 Å². The first-order valence-electron chi connectivity index (χ1n) is 6.93. The van der Waals surface area contributed by atoms with E-state index in [1.165, 1.54) is 7.11 Å². The smallest absolute Gasteiger partial charge is 0.407 e. The zero-order valence-corrected chi connectivity index (χ0v) is 12.5. The van der Waals surface area contributed by atoms with Gasteiger partial charge in [-0.3, -0.25) is 0 Å². The average molecular weight is 297 g/mol. The monoisotopic (exact) mass is 297 g/mol. The van der Waals surface area contributed by atoms with Crippen LogP contribution in [0, 0.1) is 0 Å². The van der Waals surface area contributed by atoms with Gasteiger partial charge in [-0.25, -0.2) is 4.79 Å². The van der Waals surface area contributed by atoms with E-state index >= 15 is 0 Å². The summed E-state index contributed by atoms with van der Waals surface area (Å²) in [6, 6.07) is 11.4. The molecule has 0 fully saturated rings. The Morgan fingerprint density at radius 2 is 2.05 bits per heavy atom. The maximum atomic E-state index is 11.6. The summed E-state index contributed by atoms with van der Waals surface area (Å²) in [7, 11) is 1.33. The average Bonchev–Trinajstić information content (AvgIpc) is 2.57. The minimum Gasteiger partial charge on any atom is -0.489 e. The zero-order chi connectivity index (χ0) is 15.9. The lowest BCUT2D eigenvalue weighted by Gasteiger charge is -2.20. The van der Waals surface area contributed by atoms with Gasteiger partial charge in [-0.05, 0) is 16.8 Å². The van der Waals surface area contributed by atoms with Crippen molar-refractivity contribution in [1.29, 1.82) is 0 Å². The SMILES string of the molecule is C=CCOc1ccc2ccccc2c1C(C=C)NC(=O)OC. The Balaban J connectivity index is 2.56. The van der Waals surface area contributed by atoms with E-state index in [-0.39, 0.29) is 0 Å². The highest BCUT2D eigenvalue weighted by atomic mass is 16.5. The van der Waals surface area contributed by atoms with Crippen LogP contribution in [0.1, 0.15) is 11.6 Å². The summed E-state index contributed by atoms with van der Waals surface area (Å²) in [6.07, 6.45) is 2.81. The third-order valence-corrected chi connectivity index (χ3v) is 3.29. The van der Waals surface area contributed by atoms with Crippen LogP contribution in [0.15, 0.2) is 61.7 Å². The highest BCUT2D eigenvalue weighted by Crippen LogP contribution is 2.34. The van der Waals surface area contributed by atoms with Crippen LogP contribution < -0.4 is 10.1 Å². The molecule has 0 aromatic heterocycles. The fraction of sp³-hybridized carbons (Fsp3) is 0.167. The Morgan fingerprint density at radius 3 is 2.73 bits per heavy atom. The molecule has 0 saturated carbocycles. The Morgan fingerprint density at radius 1 is 1.27 bits per heavy atom. The van der Waals surface area contributed by atoms with Gasteiger partial charge in [-0.15, -0.1) is 6.58 Å². The van der Waals surface area contributed by atoms with Crippen molar-refractivity contribution in [3.8, 4) is 5.75 Å². The molecule has 4 heteroatoms. The van der Waals surface area contributed by atoms with Gasteiger partial charge < -0.3 is 14.8 Å². The largest absolute Gasteiger partial charge is 0.489 e. The zero-order valence-electron chi connectivity index (χ0n) is 12.5. The Labute approximate surface area is 130 Å². The second-order valence-electron chi connectivity index (χ2n) is 4.65. The van der Waals surface area contributed by atoms with Gasteiger partial charge >= 0.3 is 6.09 Å². The van der Waals surface area contributed by atoms with E-state index in [0.717, 1.165) is 16.3 Å². The van der Waals surface area contributed by atoms with Crippen LogP contribution in [0.3, 0.4) is 0 Å². The summed E-state index contributed by atoms with van der Waals surface area (Å²) < 4.78 is 10.4. The van der Waals surface area contributed by atoms with Gasteiger partial charge in [0.1, 0.15) is 12.4 Å². The van der Waals surface area contributed by atoms with Gasteiger partial charge in [0.15, 0.2) is 0 Å². The van der Waals surface area contributed by atoms with Crippen LogP contribution in [0.25, 0.3) is 10.8 Å². The molecule has 0 aliphatic rings. The molecule has 0 spiro atoms. The molecular weight excluding hydrogens is 278 g/mol. The van der Waals surface area contributed by atoms with Crippen molar-refractivity contribution in [3.05, 3.63) is 67.3 Å². The molecule has 1 amide bonds. The summed E-state index contributed by atoms with van der Waals surface area (Å²) in [5.74, 6) is 0.680. The molecule has 0 bridgehead atoms. The van der Waals surface area contributed by atoms with E-state index in [1.54, 1.807) is 12.2 Å². The molecule has 2 rings (SSSR count). The lowest BCUT2D eigenvalue weighted by molar-refractivity contribution is 0.168.